The normalized spacial score (nSPS) is 27.1. The van der Waals surface area contributed by atoms with E-state index in [-0.39, 0.29) is 22.6 Å². The molecule has 0 aliphatic heterocycles. The molecule has 0 atom stereocenters. The summed E-state index contributed by atoms with van der Waals surface area (Å²) >= 11 is 0. The minimum Gasteiger partial charge on any atom is -0.444 e. The molecule has 29 heavy (non-hydrogen) atoms. The third-order valence-corrected chi connectivity index (χ3v) is 5.95. The van der Waals surface area contributed by atoms with Crippen LogP contribution >= 0.6 is 0 Å². The van der Waals surface area contributed by atoms with Gasteiger partial charge in [-0.15, -0.1) is 0 Å². The molecule has 2 bridgehead atoms. The van der Waals surface area contributed by atoms with Crippen molar-refractivity contribution in [3.63, 3.8) is 0 Å². The van der Waals surface area contributed by atoms with Gasteiger partial charge in [-0.2, -0.15) is 5.26 Å². The molecule has 152 valence electrons. The van der Waals surface area contributed by atoms with Crippen molar-refractivity contribution in [2.24, 2.45) is 5.41 Å². The predicted molar refractivity (Wildman–Crippen MR) is 108 cm³/mol. The number of halogens is 1. The van der Waals surface area contributed by atoms with Gasteiger partial charge >= 0.3 is 6.09 Å². The summed E-state index contributed by atoms with van der Waals surface area (Å²) in [7, 11) is 0. The maximum absolute atomic E-state index is 14.1. The molecule has 2 N–H and O–H groups in total. The Kier molecular flexibility index (Phi) is 4.50. The van der Waals surface area contributed by atoms with E-state index in [1.165, 1.54) is 12.5 Å². The quantitative estimate of drug-likeness (QED) is 0.741. The molecule has 5 nitrogen and oxygen atoms in total. The predicted octanol–water partition coefficient (Wildman–Crippen LogP) is 4.46. The fraction of sp³-hybridized carbons (Fsp3) is 0.565. The molecule has 1 amide bonds. The molecule has 0 spiro atoms. The molecule has 0 saturated heterocycles. The monoisotopic (exact) mass is 395 g/mol. The van der Waals surface area contributed by atoms with Gasteiger partial charge in [-0.1, -0.05) is 11.8 Å². The zero-order chi connectivity index (χ0) is 20.9. The van der Waals surface area contributed by atoms with Crippen LogP contribution in [0.1, 0.15) is 70.4 Å². The lowest BCUT2D eigenvalue weighted by molar-refractivity contribution is -0.107. The highest BCUT2D eigenvalue weighted by Gasteiger charge is 2.68. The van der Waals surface area contributed by atoms with Crippen molar-refractivity contribution in [3.05, 3.63) is 29.1 Å². The number of carbonyl (C=O) groups excluding carboxylic acids is 1. The van der Waals surface area contributed by atoms with E-state index in [0.29, 0.717) is 11.6 Å². The molecule has 0 heterocycles. The van der Waals surface area contributed by atoms with Gasteiger partial charge in [-0.3, -0.25) is 0 Å². The zero-order valence-corrected chi connectivity index (χ0v) is 17.1. The van der Waals surface area contributed by atoms with Crippen molar-refractivity contribution in [2.45, 2.75) is 76.5 Å². The van der Waals surface area contributed by atoms with E-state index in [1.807, 2.05) is 26.8 Å². The number of nitriles is 1. The van der Waals surface area contributed by atoms with Crippen molar-refractivity contribution >= 4 is 11.8 Å². The highest BCUT2D eigenvalue weighted by Crippen LogP contribution is 2.66. The largest absolute Gasteiger partial charge is 0.444 e. The van der Waals surface area contributed by atoms with Crippen LogP contribution in [0.25, 0.3) is 0 Å². The van der Waals surface area contributed by atoms with Crippen LogP contribution in [0, 0.1) is 34.4 Å². The average Bonchev–Trinajstić information content (AvgIpc) is 2.51. The van der Waals surface area contributed by atoms with Gasteiger partial charge in [0.25, 0.3) is 0 Å². The summed E-state index contributed by atoms with van der Waals surface area (Å²) in [6.07, 6.45) is 5.31. The van der Waals surface area contributed by atoms with Gasteiger partial charge in [-0.05, 0) is 71.4 Å². The average molecular weight is 395 g/mol. The molecule has 4 saturated carbocycles. The highest BCUT2D eigenvalue weighted by molar-refractivity contribution is 5.70. The van der Waals surface area contributed by atoms with E-state index in [2.05, 4.69) is 22.5 Å². The van der Waals surface area contributed by atoms with Crippen LogP contribution in [0.15, 0.2) is 12.1 Å². The molecule has 4 fully saturated rings. The first-order chi connectivity index (χ1) is 13.6. The third kappa shape index (κ3) is 3.90. The molecular formula is C23H26FN3O2. The lowest BCUT2D eigenvalue weighted by Gasteiger charge is -2.67. The zero-order valence-electron chi connectivity index (χ0n) is 17.1. The van der Waals surface area contributed by atoms with E-state index in [0.717, 1.165) is 37.8 Å². The lowest BCUT2D eigenvalue weighted by atomic mass is 9.40. The van der Waals surface area contributed by atoms with Crippen LogP contribution in [0.4, 0.5) is 14.9 Å². The first-order valence-electron chi connectivity index (χ1n) is 10.2. The van der Waals surface area contributed by atoms with Gasteiger partial charge in [0.15, 0.2) is 0 Å². The van der Waals surface area contributed by atoms with E-state index in [9.17, 15) is 9.18 Å². The van der Waals surface area contributed by atoms with Gasteiger partial charge in [0.05, 0.1) is 16.8 Å². The van der Waals surface area contributed by atoms with Gasteiger partial charge in [0.1, 0.15) is 17.5 Å². The van der Waals surface area contributed by atoms with Gasteiger partial charge in [-0.25, -0.2) is 9.18 Å². The van der Waals surface area contributed by atoms with Crippen LogP contribution < -0.4 is 10.6 Å². The molecule has 1 aromatic rings. The second kappa shape index (κ2) is 6.66. The minimum atomic E-state index is -0.545. The Morgan fingerprint density at radius 3 is 2.48 bits per heavy atom. The van der Waals surface area contributed by atoms with Crippen molar-refractivity contribution < 1.29 is 13.9 Å². The minimum absolute atomic E-state index is 0.0309. The van der Waals surface area contributed by atoms with Crippen LogP contribution in [0.5, 0.6) is 0 Å². The van der Waals surface area contributed by atoms with Gasteiger partial charge in [0.2, 0.25) is 0 Å². The summed E-state index contributed by atoms with van der Waals surface area (Å²) in [5.41, 5.74) is 0.505. The molecule has 0 unspecified atom stereocenters. The number of benzene rings is 1. The number of carbonyl (C=O) groups is 1. The molecule has 6 heteroatoms. The van der Waals surface area contributed by atoms with Crippen LogP contribution in [-0.4, -0.2) is 23.3 Å². The number of anilines is 1. The maximum Gasteiger partial charge on any atom is 0.408 e. The van der Waals surface area contributed by atoms with Crippen molar-refractivity contribution in [3.8, 4) is 17.9 Å². The maximum atomic E-state index is 14.1. The Balaban J connectivity index is 1.44. The molecular weight excluding hydrogens is 369 g/mol. The Hall–Kier alpha value is -2.73. The summed E-state index contributed by atoms with van der Waals surface area (Å²) in [6, 6.07) is 5.18. The highest BCUT2D eigenvalue weighted by atomic mass is 19.1. The second-order valence-electron chi connectivity index (χ2n) is 9.73. The topological polar surface area (TPSA) is 74.1 Å². The molecule has 0 radical (unpaired) electrons. The van der Waals surface area contributed by atoms with Crippen LogP contribution in [0.2, 0.25) is 0 Å². The fourth-order valence-electron chi connectivity index (χ4n) is 4.43. The number of nitrogens with zero attached hydrogens (tertiary/aromatic N) is 1. The number of ether oxygens (including phenoxy) is 1. The number of nitrogens with one attached hydrogen (secondary N) is 2. The van der Waals surface area contributed by atoms with E-state index in [4.69, 9.17) is 10.00 Å². The van der Waals surface area contributed by atoms with Crippen LogP contribution in [-0.2, 0) is 4.74 Å². The smallest absolute Gasteiger partial charge is 0.408 e. The van der Waals surface area contributed by atoms with Crippen LogP contribution in [0.3, 0.4) is 0 Å². The second-order valence-corrected chi connectivity index (χ2v) is 9.73. The number of hydrogen-bond donors (Lipinski definition) is 2. The summed E-state index contributed by atoms with van der Waals surface area (Å²) in [5, 5.41) is 15.5. The number of rotatable bonds is 3. The molecule has 4 aliphatic carbocycles. The summed E-state index contributed by atoms with van der Waals surface area (Å²) < 4.78 is 19.5. The fourth-order valence-corrected chi connectivity index (χ4v) is 4.43. The Morgan fingerprint density at radius 2 is 1.93 bits per heavy atom. The summed E-state index contributed by atoms with van der Waals surface area (Å²) in [6.45, 7) is 5.52. The first-order valence-corrected chi connectivity index (χ1v) is 10.2. The summed E-state index contributed by atoms with van der Waals surface area (Å²) in [5.74, 6) is 5.90. The number of alkyl carbamates (subject to hydrolysis) is 1. The van der Waals surface area contributed by atoms with Gasteiger partial charge in [0, 0.05) is 17.0 Å². The summed E-state index contributed by atoms with van der Waals surface area (Å²) in [4.78, 5) is 12.0. The van der Waals surface area contributed by atoms with E-state index >= 15 is 0 Å². The molecule has 0 aromatic heterocycles. The van der Waals surface area contributed by atoms with Crippen molar-refractivity contribution in [1.29, 1.82) is 5.26 Å². The lowest BCUT2D eigenvalue weighted by Crippen LogP contribution is -2.74. The SMILES string of the molecule is CC(C)(C)OC(=O)NC12CC(C#Cc3cc(F)c(C#N)cc3NC3CCC3)(C1)C2. The Bertz CT molecular complexity index is 938. The molecule has 4 aliphatic rings. The first kappa shape index (κ1) is 19.6. The Labute approximate surface area is 171 Å². The number of hydrogen-bond acceptors (Lipinski definition) is 4. The van der Waals surface area contributed by atoms with Crippen molar-refractivity contribution in [2.75, 3.05) is 5.32 Å². The Morgan fingerprint density at radius 1 is 1.24 bits per heavy atom. The standard InChI is InChI=1S/C23H26FN3O2/c1-21(2,3)29-20(28)27-23-12-22(13-23,14-23)8-7-15-9-18(24)16(11-25)10-19(15)26-17-5-4-6-17/h9-10,17,26H,4-6,12-14H2,1-3H3,(H,27,28). The van der Waals surface area contributed by atoms with Crippen molar-refractivity contribution in [1.82, 2.24) is 5.32 Å². The van der Waals surface area contributed by atoms with Gasteiger partial charge < -0.3 is 15.4 Å². The third-order valence-electron chi connectivity index (χ3n) is 5.95. The number of amides is 1. The van der Waals surface area contributed by atoms with E-state index < -0.39 is 11.4 Å². The van der Waals surface area contributed by atoms with E-state index in [1.54, 1.807) is 6.07 Å². The molecule has 5 rings (SSSR count). The molecule has 1 aromatic carbocycles.